The maximum absolute atomic E-state index is 10.3. The summed E-state index contributed by atoms with van der Waals surface area (Å²) in [6.45, 7) is 4.40. The fourth-order valence-electron chi connectivity index (χ4n) is 2.25. The maximum Gasteiger partial charge on any atom is 0.0815 e. The topological polar surface area (TPSA) is 41.5 Å². The van der Waals surface area contributed by atoms with Crippen molar-refractivity contribution in [1.29, 1.82) is 0 Å². The number of hydrogen-bond donors (Lipinski definition) is 2. The number of hydrogen-bond acceptors (Lipinski definition) is 4. The first kappa shape index (κ1) is 11.7. The molecule has 3 nitrogen and oxygen atoms in total. The van der Waals surface area contributed by atoms with Crippen LogP contribution in [0.15, 0.2) is 0 Å². The summed E-state index contributed by atoms with van der Waals surface area (Å²) >= 11 is 2.02. The fourth-order valence-corrected chi connectivity index (χ4v) is 3.48. The minimum absolute atomic E-state index is 0.523. The summed E-state index contributed by atoms with van der Waals surface area (Å²) in [4.78, 5) is 0. The van der Waals surface area contributed by atoms with Crippen molar-refractivity contribution >= 4 is 11.8 Å². The van der Waals surface area contributed by atoms with Crippen molar-refractivity contribution in [3.05, 3.63) is 0 Å². The largest absolute Gasteiger partial charge is 0.388 e. The SMILES string of the molecule is CC1SCCC1NCC1(O)CCOCC1. The molecule has 0 aromatic carbocycles. The van der Waals surface area contributed by atoms with Gasteiger partial charge in [-0.15, -0.1) is 0 Å². The molecule has 0 saturated carbocycles. The molecule has 15 heavy (non-hydrogen) atoms. The van der Waals surface area contributed by atoms with Gasteiger partial charge in [-0.05, 0) is 12.2 Å². The molecule has 2 atom stereocenters. The molecule has 88 valence electrons. The van der Waals surface area contributed by atoms with Gasteiger partial charge >= 0.3 is 0 Å². The van der Waals surface area contributed by atoms with Gasteiger partial charge in [-0.3, -0.25) is 0 Å². The standard InChI is InChI=1S/C11H21NO2S/c1-9-10(2-7-15-9)12-8-11(13)3-5-14-6-4-11/h9-10,12-13H,2-8H2,1H3. The van der Waals surface area contributed by atoms with Gasteiger partial charge in [0.15, 0.2) is 0 Å². The van der Waals surface area contributed by atoms with E-state index in [0.717, 1.165) is 19.4 Å². The predicted octanol–water partition coefficient (Wildman–Crippen LogP) is 1.01. The number of ether oxygens (including phenoxy) is 1. The van der Waals surface area contributed by atoms with Crippen molar-refractivity contribution in [1.82, 2.24) is 5.32 Å². The van der Waals surface area contributed by atoms with Crippen LogP contribution in [0.4, 0.5) is 0 Å². The van der Waals surface area contributed by atoms with Gasteiger partial charge in [0.2, 0.25) is 0 Å². The molecule has 2 aliphatic rings. The zero-order valence-corrected chi connectivity index (χ0v) is 10.2. The van der Waals surface area contributed by atoms with Gasteiger partial charge in [0, 0.05) is 43.9 Å². The Morgan fingerprint density at radius 2 is 2.20 bits per heavy atom. The van der Waals surface area contributed by atoms with E-state index < -0.39 is 5.60 Å². The van der Waals surface area contributed by atoms with Crippen LogP contribution < -0.4 is 5.32 Å². The highest BCUT2D eigenvalue weighted by Crippen LogP contribution is 2.27. The van der Waals surface area contributed by atoms with Crippen LogP contribution >= 0.6 is 11.8 Å². The Morgan fingerprint density at radius 1 is 1.47 bits per heavy atom. The van der Waals surface area contributed by atoms with Crippen LogP contribution in [0.1, 0.15) is 26.2 Å². The highest BCUT2D eigenvalue weighted by Gasteiger charge is 2.32. The van der Waals surface area contributed by atoms with E-state index in [2.05, 4.69) is 12.2 Å². The summed E-state index contributed by atoms with van der Waals surface area (Å²) in [5, 5.41) is 14.5. The first-order valence-electron chi connectivity index (χ1n) is 5.85. The van der Waals surface area contributed by atoms with E-state index >= 15 is 0 Å². The van der Waals surface area contributed by atoms with Gasteiger partial charge in [-0.1, -0.05) is 6.92 Å². The highest BCUT2D eigenvalue weighted by atomic mass is 32.2. The molecule has 0 spiro atoms. The van der Waals surface area contributed by atoms with Crippen molar-refractivity contribution in [2.24, 2.45) is 0 Å². The molecule has 0 aromatic heterocycles. The third-order valence-electron chi connectivity index (χ3n) is 3.49. The summed E-state index contributed by atoms with van der Waals surface area (Å²) in [5.74, 6) is 1.25. The van der Waals surface area contributed by atoms with E-state index in [9.17, 15) is 5.11 Å². The van der Waals surface area contributed by atoms with E-state index in [1.165, 1.54) is 12.2 Å². The first-order valence-corrected chi connectivity index (χ1v) is 6.90. The van der Waals surface area contributed by atoms with Gasteiger partial charge in [0.1, 0.15) is 0 Å². The average molecular weight is 231 g/mol. The van der Waals surface area contributed by atoms with E-state index in [1.807, 2.05) is 11.8 Å². The maximum atomic E-state index is 10.3. The van der Waals surface area contributed by atoms with E-state index in [4.69, 9.17) is 4.74 Å². The first-order chi connectivity index (χ1) is 7.20. The quantitative estimate of drug-likeness (QED) is 0.761. The molecular formula is C11H21NO2S. The Balaban J connectivity index is 1.76. The van der Waals surface area contributed by atoms with Gasteiger partial charge in [-0.25, -0.2) is 0 Å². The van der Waals surface area contributed by atoms with Crippen molar-refractivity contribution in [3.8, 4) is 0 Å². The van der Waals surface area contributed by atoms with Gasteiger partial charge < -0.3 is 15.2 Å². The van der Waals surface area contributed by atoms with Crippen LogP contribution in [0.2, 0.25) is 0 Å². The molecule has 2 saturated heterocycles. The Labute approximate surface area is 96.0 Å². The lowest BCUT2D eigenvalue weighted by Gasteiger charge is -2.33. The van der Waals surface area contributed by atoms with Crippen LogP contribution in [-0.2, 0) is 4.74 Å². The minimum atomic E-state index is -0.523. The third-order valence-corrected chi connectivity index (χ3v) is 4.82. The molecule has 0 aliphatic carbocycles. The summed E-state index contributed by atoms with van der Waals surface area (Å²) in [6.07, 6.45) is 2.78. The molecule has 2 N–H and O–H groups in total. The zero-order valence-electron chi connectivity index (χ0n) is 9.37. The van der Waals surface area contributed by atoms with Crippen LogP contribution in [0.5, 0.6) is 0 Å². The summed E-state index contributed by atoms with van der Waals surface area (Å²) in [5.41, 5.74) is -0.523. The lowest BCUT2D eigenvalue weighted by molar-refractivity contribution is -0.0626. The van der Waals surface area contributed by atoms with Crippen LogP contribution in [0.3, 0.4) is 0 Å². The number of rotatable bonds is 3. The third kappa shape index (κ3) is 3.09. The molecule has 2 rings (SSSR count). The van der Waals surface area contributed by atoms with Gasteiger partial charge in [0.25, 0.3) is 0 Å². The average Bonchev–Trinajstić information content (AvgIpc) is 2.62. The fraction of sp³-hybridized carbons (Fsp3) is 1.00. The molecule has 0 amide bonds. The molecular weight excluding hydrogens is 210 g/mol. The second-order valence-corrected chi connectivity index (χ2v) is 6.17. The van der Waals surface area contributed by atoms with Crippen molar-refractivity contribution in [2.75, 3.05) is 25.5 Å². The second kappa shape index (κ2) is 5.04. The monoisotopic (exact) mass is 231 g/mol. The Hall–Kier alpha value is 0.230. The molecule has 4 heteroatoms. The van der Waals surface area contributed by atoms with E-state index in [1.54, 1.807) is 0 Å². The van der Waals surface area contributed by atoms with E-state index in [-0.39, 0.29) is 0 Å². The molecule has 0 radical (unpaired) electrons. The smallest absolute Gasteiger partial charge is 0.0815 e. The molecule has 2 aliphatic heterocycles. The summed E-state index contributed by atoms with van der Waals surface area (Å²) in [7, 11) is 0. The lowest BCUT2D eigenvalue weighted by Crippen LogP contribution is -2.48. The van der Waals surface area contributed by atoms with Crippen molar-refractivity contribution in [2.45, 2.75) is 43.1 Å². The normalized spacial score (nSPS) is 35.6. The van der Waals surface area contributed by atoms with Crippen LogP contribution in [-0.4, -0.2) is 47.5 Å². The Kier molecular flexibility index (Phi) is 3.93. The molecule has 2 heterocycles. The van der Waals surface area contributed by atoms with Gasteiger partial charge in [0.05, 0.1) is 5.60 Å². The summed E-state index contributed by atoms with van der Waals surface area (Å²) in [6, 6.07) is 0.585. The lowest BCUT2D eigenvalue weighted by atomic mass is 9.94. The minimum Gasteiger partial charge on any atom is -0.388 e. The predicted molar refractivity (Wildman–Crippen MR) is 63.3 cm³/mol. The molecule has 0 bridgehead atoms. The number of thioether (sulfide) groups is 1. The Bertz CT molecular complexity index is 207. The molecule has 2 unspecified atom stereocenters. The number of aliphatic hydroxyl groups is 1. The van der Waals surface area contributed by atoms with Gasteiger partial charge in [-0.2, -0.15) is 11.8 Å². The second-order valence-electron chi connectivity index (χ2n) is 4.69. The highest BCUT2D eigenvalue weighted by molar-refractivity contribution is 8.00. The zero-order chi connectivity index (χ0) is 10.7. The number of nitrogens with one attached hydrogen (secondary N) is 1. The Morgan fingerprint density at radius 3 is 2.80 bits per heavy atom. The van der Waals surface area contributed by atoms with Crippen LogP contribution in [0, 0.1) is 0 Å². The molecule has 2 fully saturated rings. The van der Waals surface area contributed by atoms with Crippen LogP contribution in [0.25, 0.3) is 0 Å². The summed E-state index contributed by atoms with van der Waals surface area (Å²) < 4.78 is 5.27. The van der Waals surface area contributed by atoms with E-state index in [0.29, 0.717) is 24.5 Å². The van der Waals surface area contributed by atoms with Crippen molar-refractivity contribution < 1.29 is 9.84 Å². The van der Waals surface area contributed by atoms with Crippen molar-refractivity contribution in [3.63, 3.8) is 0 Å². The molecule has 0 aromatic rings.